The standard InChI is InChI=1S/C20H23N3O5S/c1-13(2)15-7-4-5-9-17(15)21-19(24)14(3)28-20(25)16-8-6-10-23-11-12-29(26,27)22-18(16)23/h4-10,13-14H,11-12H2,1-3H3,(H,21,24)/t14-/m1/s1. The molecule has 2 aliphatic rings. The second-order valence-electron chi connectivity index (χ2n) is 7.09. The van der Waals surface area contributed by atoms with Crippen molar-refractivity contribution in [3.8, 4) is 0 Å². The topological polar surface area (TPSA) is 105 Å². The largest absolute Gasteiger partial charge is 0.449 e. The van der Waals surface area contributed by atoms with E-state index in [2.05, 4.69) is 9.71 Å². The quantitative estimate of drug-likeness (QED) is 0.736. The van der Waals surface area contributed by atoms with Crippen LogP contribution in [0.15, 0.2) is 52.6 Å². The first-order valence-corrected chi connectivity index (χ1v) is 10.9. The summed E-state index contributed by atoms with van der Waals surface area (Å²) >= 11 is 0. The summed E-state index contributed by atoms with van der Waals surface area (Å²) in [6.07, 6.45) is 3.60. The molecule has 1 atom stereocenters. The highest BCUT2D eigenvalue weighted by Gasteiger charge is 2.32. The summed E-state index contributed by atoms with van der Waals surface area (Å²) < 4.78 is 32.6. The highest BCUT2D eigenvalue weighted by molar-refractivity contribution is 7.90. The minimum absolute atomic E-state index is 0.00185. The average Bonchev–Trinajstić information content (AvgIpc) is 2.66. The van der Waals surface area contributed by atoms with Crippen LogP contribution in [0.5, 0.6) is 0 Å². The van der Waals surface area contributed by atoms with Gasteiger partial charge >= 0.3 is 5.97 Å². The molecule has 1 amide bonds. The van der Waals surface area contributed by atoms with Crippen molar-refractivity contribution in [2.75, 3.05) is 17.6 Å². The van der Waals surface area contributed by atoms with E-state index in [0.29, 0.717) is 5.69 Å². The molecule has 0 unspecified atom stereocenters. The van der Waals surface area contributed by atoms with Gasteiger partial charge in [0.2, 0.25) is 0 Å². The van der Waals surface area contributed by atoms with Gasteiger partial charge < -0.3 is 15.0 Å². The zero-order valence-corrected chi connectivity index (χ0v) is 17.3. The Morgan fingerprint density at radius 3 is 2.66 bits per heavy atom. The Bertz CT molecular complexity index is 1020. The van der Waals surface area contributed by atoms with Gasteiger partial charge in [-0.25, -0.2) is 13.2 Å². The Morgan fingerprint density at radius 2 is 1.93 bits per heavy atom. The van der Waals surface area contributed by atoms with Gasteiger partial charge in [0.25, 0.3) is 15.9 Å². The summed E-state index contributed by atoms with van der Waals surface area (Å²) in [7, 11) is -3.63. The van der Waals surface area contributed by atoms with E-state index >= 15 is 0 Å². The molecule has 8 nitrogen and oxygen atoms in total. The van der Waals surface area contributed by atoms with Crippen molar-refractivity contribution in [3.05, 3.63) is 53.8 Å². The van der Waals surface area contributed by atoms with E-state index in [-0.39, 0.29) is 29.6 Å². The van der Waals surface area contributed by atoms with Crippen LogP contribution in [-0.4, -0.2) is 49.4 Å². The van der Waals surface area contributed by atoms with Crippen molar-refractivity contribution in [3.63, 3.8) is 0 Å². The number of ether oxygens (including phenoxy) is 1. The van der Waals surface area contributed by atoms with Crippen LogP contribution in [0.25, 0.3) is 0 Å². The Hall–Kier alpha value is -2.94. The first-order chi connectivity index (χ1) is 13.7. The van der Waals surface area contributed by atoms with Crippen LogP contribution in [0.1, 0.15) is 32.3 Å². The second kappa shape index (κ2) is 8.20. The molecule has 0 saturated heterocycles. The maximum atomic E-state index is 12.6. The number of fused-ring (bicyclic) bond motifs is 1. The molecule has 0 spiro atoms. The average molecular weight is 417 g/mol. The molecule has 29 heavy (non-hydrogen) atoms. The summed E-state index contributed by atoms with van der Waals surface area (Å²) in [6, 6.07) is 7.41. The molecule has 1 aromatic rings. The number of hydrogen-bond acceptors (Lipinski definition) is 6. The maximum absolute atomic E-state index is 12.6. The van der Waals surface area contributed by atoms with Crippen LogP contribution in [0.3, 0.4) is 0 Å². The molecule has 0 radical (unpaired) electrons. The fourth-order valence-electron chi connectivity index (χ4n) is 3.00. The highest BCUT2D eigenvalue weighted by atomic mass is 32.2. The lowest BCUT2D eigenvalue weighted by atomic mass is 10.0. The molecule has 2 heterocycles. The first-order valence-electron chi connectivity index (χ1n) is 9.27. The molecule has 0 saturated carbocycles. The smallest absolute Gasteiger partial charge is 0.342 e. The van der Waals surface area contributed by atoms with Crippen molar-refractivity contribution in [1.29, 1.82) is 0 Å². The van der Waals surface area contributed by atoms with Crippen molar-refractivity contribution in [2.45, 2.75) is 32.8 Å². The number of sulfonamides is 1. The Kier molecular flexibility index (Phi) is 5.88. The molecule has 3 rings (SSSR count). The van der Waals surface area contributed by atoms with Crippen molar-refractivity contribution >= 4 is 33.4 Å². The Labute approximate surface area is 170 Å². The number of anilines is 1. The van der Waals surface area contributed by atoms with Crippen LogP contribution < -0.4 is 5.32 Å². The van der Waals surface area contributed by atoms with Crippen LogP contribution in [0.4, 0.5) is 5.69 Å². The monoisotopic (exact) mass is 417 g/mol. The van der Waals surface area contributed by atoms with Crippen LogP contribution in [-0.2, 0) is 24.3 Å². The van der Waals surface area contributed by atoms with Gasteiger partial charge in [0.15, 0.2) is 11.9 Å². The molecular formula is C20H23N3O5S. The van der Waals surface area contributed by atoms with Crippen LogP contribution in [0.2, 0.25) is 0 Å². The fraction of sp³-hybridized carbons (Fsp3) is 0.350. The molecule has 2 aliphatic heterocycles. The predicted octanol–water partition coefficient (Wildman–Crippen LogP) is 2.18. The number of amidine groups is 1. The Morgan fingerprint density at radius 1 is 1.21 bits per heavy atom. The number of nitrogens with zero attached hydrogens (tertiary/aromatic N) is 2. The number of carbonyl (C=O) groups excluding carboxylic acids is 2. The summed E-state index contributed by atoms with van der Waals surface area (Å²) in [5.74, 6) is -1.19. The minimum atomic E-state index is -3.63. The van der Waals surface area contributed by atoms with Gasteiger partial charge in [-0.15, -0.1) is 4.40 Å². The van der Waals surface area contributed by atoms with E-state index in [1.807, 2.05) is 32.0 Å². The van der Waals surface area contributed by atoms with Gasteiger partial charge in [-0.2, -0.15) is 0 Å². The number of esters is 1. The Balaban J connectivity index is 1.72. The van der Waals surface area contributed by atoms with E-state index in [0.717, 1.165) is 5.56 Å². The zero-order valence-electron chi connectivity index (χ0n) is 16.5. The number of allylic oxidation sites excluding steroid dienone is 2. The van der Waals surface area contributed by atoms with E-state index in [1.54, 1.807) is 23.2 Å². The SMILES string of the molecule is CC(C)c1ccccc1NC(=O)[C@@H](C)OC(=O)C1=CC=CN2CCS(=O)(=O)N=C12. The molecule has 1 N–H and O–H groups in total. The van der Waals surface area contributed by atoms with E-state index in [1.165, 1.54) is 13.0 Å². The minimum Gasteiger partial charge on any atom is -0.449 e. The predicted molar refractivity (Wildman–Crippen MR) is 110 cm³/mol. The summed E-state index contributed by atoms with van der Waals surface area (Å²) in [4.78, 5) is 26.7. The van der Waals surface area contributed by atoms with E-state index in [9.17, 15) is 18.0 Å². The van der Waals surface area contributed by atoms with Crippen molar-refractivity contribution in [2.24, 2.45) is 4.40 Å². The van der Waals surface area contributed by atoms with Gasteiger partial charge in [0, 0.05) is 18.4 Å². The molecule has 1 aromatic carbocycles. The van der Waals surface area contributed by atoms with Crippen LogP contribution >= 0.6 is 0 Å². The third-order valence-electron chi connectivity index (χ3n) is 4.57. The third-order valence-corrected chi connectivity index (χ3v) is 5.72. The number of benzene rings is 1. The second-order valence-corrected chi connectivity index (χ2v) is 8.85. The first kappa shape index (κ1) is 20.8. The molecular weight excluding hydrogens is 394 g/mol. The lowest BCUT2D eigenvalue weighted by molar-refractivity contribution is -0.148. The third kappa shape index (κ3) is 4.73. The number of para-hydroxylation sites is 1. The summed E-state index contributed by atoms with van der Waals surface area (Å²) in [6.45, 7) is 5.69. The van der Waals surface area contributed by atoms with E-state index < -0.39 is 28.0 Å². The molecule has 0 aromatic heterocycles. The molecule has 9 heteroatoms. The zero-order chi connectivity index (χ0) is 21.2. The number of amides is 1. The normalized spacial score (nSPS) is 18.4. The number of hydrogen-bond donors (Lipinski definition) is 1. The van der Waals surface area contributed by atoms with Crippen LogP contribution in [0, 0.1) is 0 Å². The molecule has 0 bridgehead atoms. The van der Waals surface area contributed by atoms with Gasteiger partial charge in [0.1, 0.15) is 5.57 Å². The highest BCUT2D eigenvalue weighted by Crippen LogP contribution is 2.24. The van der Waals surface area contributed by atoms with E-state index in [4.69, 9.17) is 4.74 Å². The number of rotatable bonds is 5. The van der Waals surface area contributed by atoms with Gasteiger partial charge in [-0.1, -0.05) is 32.0 Å². The summed E-state index contributed by atoms with van der Waals surface area (Å²) in [5, 5.41) is 2.78. The molecule has 154 valence electrons. The van der Waals surface area contributed by atoms with Crippen molar-refractivity contribution in [1.82, 2.24) is 4.90 Å². The van der Waals surface area contributed by atoms with Gasteiger partial charge in [-0.3, -0.25) is 4.79 Å². The lowest BCUT2D eigenvalue weighted by Crippen LogP contribution is -2.41. The fourth-order valence-corrected chi connectivity index (χ4v) is 3.99. The maximum Gasteiger partial charge on any atom is 0.342 e. The van der Waals surface area contributed by atoms with Gasteiger partial charge in [-0.05, 0) is 36.6 Å². The lowest BCUT2D eigenvalue weighted by Gasteiger charge is -2.28. The molecule has 0 fully saturated rings. The number of carbonyl (C=O) groups is 2. The molecule has 0 aliphatic carbocycles. The number of nitrogens with one attached hydrogen (secondary N) is 1. The van der Waals surface area contributed by atoms with Crippen molar-refractivity contribution < 1.29 is 22.7 Å². The summed E-state index contributed by atoms with van der Waals surface area (Å²) in [5.41, 5.74) is 1.62. The van der Waals surface area contributed by atoms with Gasteiger partial charge in [0.05, 0.1) is 5.75 Å².